The molecule has 0 aliphatic heterocycles. The lowest BCUT2D eigenvalue weighted by molar-refractivity contribution is 0.663. The van der Waals surface area contributed by atoms with Crippen molar-refractivity contribution in [3.63, 3.8) is 0 Å². The van der Waals surface area contributed by atoms with Gasteiger partial charge >= 0.3 is 0 Å². The van der Waals surface area contributed by atoms with Gasteiger partial charge in [-0.05, 0) is 89.0 Å². The average Bonchev–Trinajstić information content (AvgIpc) is 3.90. The highest BCUT2D eigenvalue weighted by Crippen LogP contribution is 2.44. The van der Waals surface area contributed by atoms with Crippen LogP contribution in [0.1, 0.15) is 0 Å². The molecule has 0 bridgehead atoms. The topological polar surface area (TPSA) is 42.7 Å². The molecule has 0 aliphatic rings. The molecule has 11 aromatic rings. The van der Waals surface area contributed by atoms with Gasteiger partial charge in [0.1, 0.15) is 27.9 Å². The van der Waals surface area contributed by atoms with Crippen molar-refractivity contribution in [3.8, 4) is 22.3 Å². The predicted octanol–water partition coefficient (Wildman–Crippen LogP) is 14.2. The second-order valence-electron chi connectivity index (χ2n) is 13.3. The molecule has 0 radical (unpaired) electrons. The Kier molecular flexibility index (Phi) is 6.22. The lowest BCUT2D eigenvalue weighted by atomic mass is 10.0. The first kappa shape index (κ1) is 28.8. The second-order valence-corrected chi connectivity index (χ2v) is 13.3. The number of furan rings is 3. The van der Waals surface area contributed by atoms with Crippen molar-refractivity contribution < 1.29 is 13.3 Å². The number of para-hydroxylation sites is 3. The number of hydrogen-bond acceptors (Lipinski definition) is 4. The first-order valence-electron chi connectivity index (χ1n) is 17.5. The maximum atomic E-state index is 6.55. The van der Waals surface area contributed by atoms with Gasteiger partial charge in [0, 0.05) is 43.7 Å². The van der Waals surface area contributed by atoms with Crippen molar-refractivity contribution in [1.82, 2.24) is 0 Å². The van der Waals surface area contributed by atoms with Crippen LogP contribution in [0.3, 0.4) is 0 Å². The highest BCUT2D eigenvalue weighted by molar-refractivity contribution is 6.25. The van der Waals surface area contributed by atoms with Gasteiger partial charge in [-0.15, -0.1) is 0 Å². The summed E-state index contributed by atoms with van der Waals surface area (Å²) in [7, 11) is 0. The molecule has 0 fully saturated rings. The minimum atomic E-state index is 0.853. The maximum absolute atomic E-state index is 6.55. The molecule has 8 aromatic carbocycles. The first-order valence-corrected chi connectivity index (χ1v) is 17.5. The largest absolute Gasteiger partial charge is 0.456 e. The lowest BCUT2D eigenvalue weighted by Gasteiger charge is -2.26. The van der Waals surface area contributed by atoms with E-state index in [0.29, 0.717) is 0 Å². The number of anilines is 3. The molecule has 0 saturated carbocycles. The standard InChI is InChI=1S/C48H29NO3/c1-2-9-30(10-3-1)31-17-22-34(23-18-31)49(40-14-8-13-37-36-11-4-6-15-41(36)52-48(37)40)35-24-19-32(20-25-35)33-21-26-39-45(29-33)51-44-28-27-43-46(47(39)44)38-12-5-7-16-42(38)50-43/h1-29H. The zero-order valence-corrected chi connectivity index (χ0v) is 27.9. The molecule has 0 aliphatic carbocycles. The van der Waals surface area contributed by atoms with Crippen LogP contribution in [-0.2, 0) is 0 Å². The fourth-order valence-electron chi connectivity index (χ4n) is 7.83. The summed E-state index contributed by atoms with van der Waals surface area (Å²) in [4.78, 5) is 2.28. The molecule has 244 valence electrons. The third-order valence-corrected chi connectivity index (χ3v) is 10.3. The summed E-state index contributed by atoms with van der Waals surface area (Å²) < 4.78 is 19.2. The van der Waals surface area contributed by atoms with Crippen molar-refractivity contribution in [1.29, 1.82) is 0 Å². The molecule has 0 unspecified atom stereocenters. The molecule has 0 atom stereocenters. The van der Waals surface area contributed by atoms with Crippen LogP contribution in [0.2, 0.25) is 0 Å². The van der Waals surface area contributed by atoms with Gasteiger partial charge in [-0.2, -0.15) is 0 Å². The summed E-state index contributed by atoms with van der Waals surface area (Å²) in [5, 5.41) is 6.57. The molecule has 3 aromatic heterocycles. The highest BCUT2D eigenvalue weighted by atomic mass is 16.3. The number of nitrogens with zero attached hydrogens (tertiary/aromatic N) is 1. The van der Waals surface area contributed by atoms with Gasteiger partial charge in [-0.3, -0.25) is 0 Å². The summed E-state index contributed by atoms with van der Waals surface area (Å²) >= 11 is 0. The Morgan fingerprint density at radius 3 is 1.54 bits per heavy atom. The third kappa shape index (κ3) is 4.41. The van der Waals surface area contributed by atoms with Crippen molar-refractivity contribution in [2.75, 3.05) is 4.90 Å². The van der Waals surface area contributed by atoms with Crippen molar-refractivity contribution in [2.24, 2.45) is 0 Å². The number of fused-ring (bicyclic) bond motifs is 10. The van der Waals surface area contributed by atoms with E-state index in [0.717, 1.165) is 94.0 Å². The second kappa shape index (κ2) is 11.2. The van der Waals surface area contributed by atoms with Gasteiger partial charge in [0.05, 0.1) is 5.69 Å². The predicted molar refractivity (Wildman–Crippen MR) is 214 cm³/mol. The van der Waals surface area contributed by atoms with Crippen molar-refractivity contribution >= 4 is 82.9 Å². The third-order valence-electron chi connectivity index (χ3n) is 10.3. The highest BCUT2D eigenvalue weighted by Gasteiger charge is 2.20. The monoisotopic (exact) mass is 667 g/mol. The minimum absolute atomic E-state index is 0.853. The van der Waals surface area contributed by atoms with E-state index in [2.05, 4.69) is 138 Å². The van der Waals surface area contributed by atoms with Gasteiger partial charge in [0.15, 0.2) is 5.58 Å². The van der Waals surface area contributed by atoms with Gasteiger partial charge in [0.2, 0.25) is 0 Å². The van der Waals surface area contributed by atoms with E-state index in [1.54, 1.807) is 0 Å². The molecule has 4 heteroatoms. The fourth-order valence-corrected chi connectivity index (χ4v) is 7.83. The molecule has 0 amide bonds. The van der Waals surface area contributed by atoms with Crippen LogP contribution in [0, 0.1) is 0 Å². The summed E-state index contributed by atoms with van der Waals surface area (Å²) in [5.74, 6) is 0. The fraction of sp³-hybridized carbons (Fsp3) is 0. The quantitative estimate of drug-likeness (QED) is 0.183. The SMILES string of the molecule is c1ccc(-c2ccc(N(c3ccc(-c4ccc5c(c4)oc4ccc6oc7ccccc7c6c45)cc3)c3cccc4c3oc3ccccc34)cc2)cc1. The van der Waals surface area contributed by atoms with Crippen LogP contribution < -0.4 is 4.90 Å². The maximum Gasteiger partial charge on any atom is 0.159 e. The van der Waals surface area contributed by atoms with Crippen LogP contribution in [0.5, 0.6) is 0 Å². The molecule has 0 spiro atoms. The zero-order chi connectivity index (χ0) is 34.2. The summed E-state index contributed by atoms with van der Waals surface area (Å²) in [6.45, 7) is 0. The molecule has 52 heavy (non-hydrogen) atoms. The van der Waals surface area contributed by atoms with E-state index in [1.165, 1.54) is 11.1 Å². The molecular weight excluding hydrogens is 639 g/mol. The first-order chi connectivity index (χ1) is 25.8. The number of rotatable bonds is 5. The Hall–Kier alpha value is -7.04. The smallest absolute Gasteiger partial charge is 0.159 e. The van der Waals surface area contributed by atoms with E-state index in [-0.39, 0.29) is 0 Å². The van der Waals surface area contributed by atoms with Crippen LogP contribution in [0.4, 0.5) is 17.1 Å². The summed E-state index contributed by atoms with van der Waals surface area (Å²) in [6.07, 6.45) is 0. The van der Waals surface area contributed by atoms with E-state index in [9.17, 15) is 0 Å². The summed E-state index contributed by atoms with van der Waals surface area (Å²) in [5.41, 5.74) is 12.8. The molecular formula is C48H29NO3. The van der Waals surface area contributed by atoms with Gasteiger partial charge < -0.3 is 18.2 Å². The van der Waals surface area contributed by atoms with Crippen molar-refractivity contribution in [2.45, 2.75) is 0 Å². The molecule has 3 heterocycles. The summed E-state index contributed by atoms with van der Waals surface area (Å²) in [6, 6.07) is 61.3. The Morgan fingerprint density at radius 1 is 0.308 bits per heavy atom. The van der Waals surface area contributed by atoms with E-state index in [4.69, 9.17) is 13.3 Å². The van der Waals surface area contributed by atoms with Crippen LogP contribution in [0.25, 0.3) is 88.1 Å². The van der Waals surface area contributed by atoms with E-state index >= 15 is 0 Å². The Labute approximate surface area is 298 Å². The lowest BCUT2D eigenvalue weighted by Crippen LogP contribution is -2.10. The Bertz CT molecular complexity index is 3110. The van der Waals surface area contributed by atoms with Crippen LogP contribution in [-0.4, -0.2) is 0 Å². The Morgan fingerprint density at radius 2 is 0.827 bits per heavy atom. The average molecular weight is 668 g/mol. The molecule has 11 rings (SSSR count). The Balaban J connectivity index is 1.02. The van der Waals surface area contributed by atoms with Gasteiger partial charge in [-0.25, -0.2) is 0 Å². The van der Waals surface area contributed by atoms with Crippen LogP contribution >= 0.6 is 0 Å². The zero-order valence-electron chi connectivity index (χ0n) is 27.9. The van der Waals surface area contributed by atoms with Crippen molar-refractivity contribution in [3.05, 3.63) is 176 Å². The van der Waals surface area contributed by atoms with Gasteiger partial charge in [0.25, 0.3) is 0 Å². The van der Waals surface area contributed by atoms with E-state index in [1.807, 2.05) is 42.5 Å². The molecule has 4 nitrogen and oxygen atoms in total. The minimum Gasteiger partial charge on any atom is -0.456 e. The molecule has 0 N–H and O–H groups in total. The molecule has 0 saturated heterocycles. The van der Waals surface area contributed by atoms with E-state index < -0.39 is 0 Å². The number of benzene rings is 8. The normalized spacial score (nSPS) is 11.8. The van der Waals surface area contributed by atoms with Gasteiger partial charge in [-0.1, -0.05) is 109 Å². The number of hydrogen-bond donors (Lipinski definition) is 0. The van der Waals surface area contributed by atoms with Crippen LogP contribution in [0.15, 0.2) is 189 Å².